The molecular formula is C21H28N2. The standard InChI is InChI=1S/C21H28N2/c1-4-16-23(5-2)17-14-20(19-12-10-18(3)11-13-19)21-9-7-6-8-15-22-21/h6-7,9-15H,4-5,8,16-17H2,1-3H3/b20-14+. The van der Waals surface area contributed by atoms with E-state index >= 15 is 0 Å². The maximum atomic E-state index is 4.66. The van der Waals surface area contributed by atoms with Crippen LogP contribution in [0.25, 0.3) is 5.57 Å². The molecule has 0 radical (unpaired) electrons. The van der Waals surface area contributed by atoms with Crippen LogP contribution in [0.3, 0.4) is 0 Å². The molecule has 0 atom stereocenters. The van der Waals surface area contributed by atoms with Gasteiger partial charge in [-0.25, -0.2) is 0 Å². The first-order chi connectivity index (χ1) is 11.2. The van der Waals surface area contributed by atoms with E-state index in [0.29, 0.717) is 0 Å². The summed E-state index contributed by atoms with van der Waals surface area (Å²) in [5.74, 6) is 0. The summed E-state index contributed by atoms with van der Waals surface area (Å²) in [4.78, 5) is 7.12. The Labute approximate surface area is 140 Å². The Morgan fingerprint density at radius 3 is 2.70 bits per heavy atom. The summed E-state index contributed by atoms with van der Waals surface area (Å²) in [7, 11) is 0. The van der Waals surface area contributed by atoms with Gasteiger partial charge in [0.05, 0.1) is 5.70 Å². The lowest BCUT2D eigenvalue weighted by atomic mass is 10.0. The van der Waals surface area contributed by atoms with Crippen LogP contribution >= 0.6 is 0 Å². The summed E-state index contributed by atoms with van der Waals surface area (Å²) in [5.41, 5.74) is 4.80. The maximum absolute atomic E-state index is 4.66. The van der Waals surface area contributed by atoms with E-state index in [1.165, 1.54) is 23.1 Å². The van der Waals surface area contributed by atoms with Crippen LogP contribution < -0.4 is 0 Å². The molecule has 0 amide bonds. The van der Waals surface area contributed by atoms with Crippen molar-refractivity contribution in [3.05, 3.63) is 65.4 Å². The van der Waals surface area contributed by atoms with Crippen LogP contribution in [-0.2, 0) is 0 Å². The van der Waals surface area contributed by atoms with E-state index in [9.17, 15) is 0 Å². The number of likely N-dealkylation sites (N-methyl/N-ethyl adjacent to an activating group) is 1. The van der Waals surface area contributed by atoms with Crippen molar-refractivity contribution < 1.29 is 0 Å². The predicted molar refractivity (Wildman–Crippen MR) is 102 cm³/mol. The van der Waals surface area contributed by atoms with Crippen LogP contribution in [0.15, 0.2) is 59.3 Å². The van der Waals surface area contributed by atoms with Crippen LogP contribution in [0, 0.1) is 6.92 Å². The van der Waals surface area contributed by atoms with Crippen LogP contribution in [0.4, 0.5) is 0 Å². The van der Waals surface area contributed by atoms with E-state index in [2.05, 4.69) is 79.2 Å². The quantitative estimate of drug-likeness (QED) is 0.690. The molecule has 0 bridgehead atoms. The van der Waals surface area contributed by atoms with Crippen molar-refractivity contribution in [2.75, 3.05) is 19.6 Å². The molecule has 0 fully saturated rings. The Kier molecular flexibility index (Phi) is 7.02. The van der Waals surface area contributed by atoms with Gasteiger partial charge >= 0.3 is 0 Å². The summed E-state index contributed by atoms with van der Waals surface area (Å²) >= 11 is 0. The number of rotatable bonds is 7. The predicted octanol–water partition coefficient (Wildman–Crippen LogP) is 5.02. The van der Waals surface area contributed by atoms with Crippen molar-refractivity contribution in [2.45, 2.75) is 33.6 Å². The van der Waals surface area contributed by atoms with E-state index in [4.69, 9.17) is 0 Å². The Bertz CT molecular complexity index is 603. The first-order valence-electron chi connectivity index (χ1n) is 8.63. The Morgan fingerprint density at radius 2 is 2.00 bits per heavy atom. The van der Waals surface area contributed by atoms with Gasteiger partial charge in [0.15, 0.2) is 0 Å². The lowest BCUT2D eigenvalue weighted by molar-refractivity contribution is 0.320. The molecule has 23 heavy (non-hydrogen) atoms. The van der Waals surface area contributed by atoms with Gasteiger partial charge in [0, 0.05) is 24.8 Å². The van der Waals surface area contributed by atoms with Crippen molar-refractivity contribution >= 4 is 11.8 Å². The van der Waals surface area contributed by atoms with E-state index in [1.807, 2.05) is 6.21 Å². The number of hydrogen-bond acceptors (Lipinski definition) is 2. The van der Waals surface area contributed by atoms with Crippen molar-refractivity contribution in [3.8, 4) is 0 Å². The zero-order valence-electron chi connectivity index (χ0n) is 14.6. The second-order valence-corrected chi connectivity index (χ2v) is 5.90. The first kappa shape index (κ1) is 17.4. The molecule has 0 unspecified atom stereocenters. The Morgan fingerprint density at radius 1 is 1.22 bits per heavy atom. The average Bonchev–Trinajstić information content (AvgIpc) is 2.85. The molecule has 1 aromatic rings. The minimum Gasteiger partial charge on any atom is -0.300 e. The van der Waals surface area contributed by atoms with Crippen LogP contribution in [-0.4, -0.2) is 30.7 Å². The number of hydrogen-bond donors (Lipinski definition) is 0. The first-order valence-corrected chi connectivity index (χ1v) is 8.63. The Hall–Kier alpha value is -1.93. The third kappa shape index (κ3) is 5.33. The highest BCUT2D eigenvalue weighted by Gasteiger charge is 2.08. The minimum absolute atomic E-state index is 0.901. The zero-order chi connectivity index (χ0) is 16.5. The molecular weight excluding hydrogens is 280 g/mol. The number of aryl methyl sites for hydroxylation is 1. The lowest BCUT2D eigenvalue weighted by Crippen LogP contribution is -2.24. The fourth-order valence-electron chi connectivity index (χ4n) is 2.67. The molecule has 0 saturated heterocycles. The van der Waals surface area contributed by atoms with Crippen LogP contribution in [0.2, 0.25) is 0 Å². The molecule has 2 heteroatoms. The summed E-state index contributed by atoms with van der Waals surface area (Å²) in [6, 6.07) is 8.73. The van der Waals surface area contributed by atoms with Crippen LogP contribution in [0.1, 0.15) is 37.8 Å². The van der Waals surface area contributed by atoms with Gasteiger partial charge in [0.1, 0.15) is 0 Å². The monoisotopic (exact) mass is 308 g/mol. The van der Waals surface area contributed by atoms with E-state index in [-0.39, 0.29) is 0 Å². The smallest absolute Gasteiger partial charge is 0.0701 e. The molecule has 0 N–H and O–H groups in total. The molecule has 122 valence electrons. The van der Waals surface area contributed by atoms with Crippen molar-refractivity contribution in [1.29, 1.82) is 0 Å². The SMILES string of the molecule is CCCN(CC)C/C=C(/C1=CC=CCC=N1)c1ccc(C)cc1. The normalized spacial score (nSPS) is 15.0. The number of benzene rings is 1. The van der Waals surface area contributed by atoms with Crippen molar-refractivity contribution in [2.24, 2.45) is 4.99 Å². The number of nitrogens with zero attached hydrogens (tertiary/aromatic N) is 2. The Balaban J connectivity index is 2.32. The van der Waals surface area contributed by atoms with Crippen LogP contribution in [0.5, 0.6) is 0 Å². The van der Waals surface area contributed by atoms with Crippen molar-refractivity contribution in [1.82, 2.24) is 4.90 Å². The molecule has 0 saturated carbocycles. The second kappa shape index (κ2) is 9.26. The highest BCUT2D eigenvalue weighted by molar-refractivity contribution is 5.82. The molecule has 0 spiro atoms. The van der Waals surface area contributed by atoms with Gasteiger partial charge < -0.3 is 0 Å². The molecule has 2 rings (SSSR count). The molecule has 1 heterocycles. The van der Waals surface area contributed by atoms with Crippen molar-refractivity contribution in [3.63, 3.8) is 0 Å². The highest BCUT2D eigenvalue weighted by atomic mass is 15.1. The number of aliphatic imine (C=N–C) groups is 1. The zero-order valence-corrected chi connectivity index (χ0v) is 14.6. The second-order valence-electron chi connectivity index (χ2n) is 5.90. The molecule has 0 aromatic heterocycles. The van der Waals surface area contributed by atoms with Gasteiger partial charge in [0.25, 0.3) is 0 Å². The fourth-order valence-corrected chi connectivity index (χ4v) is 2.67. The summed E-state index contributed by atoms with van der Waals surface area (Å²) in [6.45, 7) is 9.75. The van der Waals surface area contributed by atoms with E-state index < -0.39 is 0 Å². The molecule has 0 aliphatic carbocycles. The summed E-state index contributed by atoms with van der Waals surface area (Å²) in [5, 5.41) is 0. The molecule has 2 nitrogen and oxygen atoms in total. The van der Waals surface area contributed by atoms with E-state index in [1.54, 1.807) is 0 Å². The minimum atomic E-state index is 0.901. The van der Waals surface area contributed by atoms with E-state index in [0.717, 1.165) is 31.8 Å². The number of allylic oxidation sites excluding steroid dienone is 4. The lowest BCUT2D eigenvalue weighted by Gasteiger charge is -2.18. The highest BCUT2D eigenvalue weighted by Crippen LogP contribution is 2.25. The van der Waals surface area contributed by atoms with Gasteiger partial charge in [-0.3, -0.25) is 9.89 Å². The summed E-state index contributed by atoms with van der Waals surface area (Å²) in [6.07, 6.45) is 12.8. The van der Waals surface area contributed by atoms with Gasteiger partial charge in [-0.05, 0) is 38.1 Å². The topological polar surface area (TPSA) is 15.6 Å². The molecule has 1 aliphatic rings. The molecule has 1 aliphatic heterocycles. The largest absolute Gasteiger partial charge is 0.300 e. The molecule has 1 aromatic carbocycles. The van der Waals surface area contributed by atoms with Gasteiger partial charge in [-0.15, -0.1) is 0 Å². The third-order valence-corrected chi connectivity index (χ3v) is 4.04. The average molecular weight is 308 g/mol. The van der Waals surface area contributed by atoms with Gasteiger partial charge in [-0.1, -0.05) is 61.9 Å². The van der Waals surface area contributed by atoms with Gasteiger partial charge in [-0.2, -0.15) is 0 Å². The summed E-state index contributed by atoms with van der Waals surface area (Å²) < 4.78 is 0. The fraction of sp³-hybridized carbons (Fsp3) is 0.381. The van der Waals surface area contributed by atoms with Gasteiger partial charge in [0.2, 0.25) is 0 Å². The maximum Gasteiger partial charge on any atom is 0.0701 e. The third-order valence-electron chi connectivity index (χ3n) is 4.04.